The fraction of sp³-hybridized carbons (Fsp3) is 0.333. The average Bonchev–Trinajstić information content (AvgIpc) is 2.96. The SMILES string of the molecule is Cc1ccc(CCNC(=O)NC2CC(=O)N(Cc3ccccc3)C2)cc1. The van der Waals surface area contributed by atoms with E-state index in [0.29, 0.717) is 26.1 Å². The van der Waals surface area contributed by atoms with Gasteiger partial charge in [0.25, 0.3) is 0 Å². The first-order chi connectivity index (χ1) is 12.6. The summed E-state index contributed by atoms with van der Waals surface area (Å²) >= 11 is 0. The Balaban J connectivity index is 1.40. The van der Waals surface area contributed by atoms with Crippen LogP contribution in [0.2, 0.25) is 0 Å². The second-order valence-electron chi connectivity index (χ2n) is 6.80. The Morgan fingerprint density at radius 3 is 2.54 bits per heavy atom. The number of aryl methyl sites for hydroxylation is 1. The van der Waals surface area contributed by atoms with Crippen LogP contribution < -0.4 is 10.6 Å². The van der Waals surface area contributed by atoms with Crippen molar-refractivity contribution in [1.29, 1.82) is 0 Å². The van der Waals surface area contributed by atoms with Crippen molar-refractivity contribution in [3.8, 4) is 0 Å². The summed E-state index contributed by atoms with van der Waals surface area (Å²) < 4.78 is 0. The first-order valence-corrected chi connectivity index (χ1v) is 9.02. The molecule has 0 spiro atoms. The number of urea groups is 1. The number of nitrogens with one attached hydrogen (secondary N) is 2. The van der Waals surface area contributed by atoms with E-state index in [1.165, 1.54) is 11.1 Å². The molecule has 5 heteroatoms. The zero-order valence-electron chi connectivity index (χ0n) is 15.1. The van der Waals surface area contributed by atoms with Gasteiger partial charge in [-0.3, -0.25) is 4.79 Å². The average molecular weight is 351 g/mol. The molecule has 1 aliphatic heterocycles. The Bertz CT molecular complexity index is 744. The van der Waals surface area contributed by atoms with Gasteiger partial charge in [-0.25, -0.2) is 4.79 Å². The Morgan fingerprint density at radius 2 is 1.81 bits per heavy atom. The van der Waals surface area contributed by atoms with Gasteiger partial charge >= 0.3 is 6.03 Å². The van der Waals surface area contributed by atoms with E-state index in [9.17, 15) is 9.59 Å². The van der Waals surface area contributed by atoms with Crippen LogP contribution in [0.15, 0.2) is 54.6 Å². The lowest BCUT2D eigenvalue weighted by molar-refractivity contribution is -0.128. The lowest BCUT2D eigenvalue weighted by Gasteiger charge is -2.17. The zero-order chi connectivity index (χ0) is 18.4. The molecule has 2 aromatic carbocycles. The molecule has 5 nitrogen and oxygen atoms in total. The van der Waals surface area contributed by atoms with Crippen LogP contribution in [-0.2, 0) is 17.8 Å². The minimum Gasteiger partial charge on any atom is -0.338 e. The molecular formula is C21H25N3O2. The van der Waals surface area contributed by atoms with Gasteiger partial charge in [-0.05, 0) is 24.5 Å². The largest absolute Gasteiger partial charge is 0.338 e. The van der Waals surface area contributed by atoms with Gasteiger partial charge in [0.15, 0.2) is 0 Å². The number of likely N-dealkylation sites (tertiary alicyclic amines) is 1. The number of carbonyl (C=O) groups excluding carboxylic acids is 2. The van der Waals surface area contributed by atoms with Crippen molar-refractivity contribution in [2.75, 3.05) is 13.1 Å². The molecule has 1 saturated heterocycles. The number of hydrogen-bond acceptors (Lipinski definition) is 2. The van der Waals surface area contributed by atoms with Crippen LogP contribution in [-0.4, -0.2) is 36.0 Å². The van der Waals surface area contributed by atoms with Crippen LogP contribution in [0.25, 0.3) is 0 Å². The maximum Gasteiger partial charge on any atom is 0.315 e. The highest BCUT2D eigenvalue weighted by atomic mass is 16.2. The predicted molar refractivity (Wildman–Crippen MR) is 102 cm³/mol. The smallest absolute Gasteiger partial charge is 0.315 e. The molecular weight excluding hydrogens is 326 g/mol. The fourth-order valence-electron chi connectivity index (χ4n) is 3.14. The molecule has 3 rings (SSSR count). The summed E-state index contributed by atoms with van der Waals surface area (Å²) in [5, 5.41) is 5.78. The van der Waals surface area contributed by atoms with Crippen molar-refractivity contribution in [3.05, 3.63) is 71.3 Å². The first-order valence-electron chi connectivity index (χ1n) is 9.02. The minimum atomic E-state index is -0.212. The molecule has 136 valence electrons. The molecule has 0 saturated carbocycles. The summed E-state index contributed by atoms with van der Waals surface area (Å²) in [7, 11) is 0. The van der Waals surface area contributed by atoms with E-state index in [1.54, 1.807) is 4.90 Å². The van der Waals surface area contributed by atoms with Crippen molar-refractivity contribution in [3.63, 3.8) is 0 Å². The van der Waals surface area contributed by atoms with Crippen molar-refractivity contribution < 1.29 is 9.59 Å². The van der Waals surface area contributed by atoms with Gasteiger partial charge in [0, 0.05) is 26.1 Å². The minimum absolute atomic E-state index is 0.0822. The number of benzene rings is 2. The number of nitrogens with zero attached hydrogens (tertiary/aromatic N) is 1. The first kappa shape index (κ1) is 18.0. The highest BCUT2D eigenvalue weighted by Crippen LogP contribution is 2.15. The van der Waals surface area contributed by atoms with Gasteiger partial charge in [0.1, 0.15) is 0 Å². The van der Waals surface area contributed by atoms with Crippen LogP contribution >= 0.6 is 0 Å². The van der Waals surface area contributed by atoms with E-state index in [-0.39, 0.29) is 18.0 Å². The fourth-order valence-corrected chi connectivity index (χ4v) is 3.14. The van der Waals surface area contributed by atoms with E-state index in [1.807, 2.05) is 30.3 Å². The predicted octanol–water partition coefficient (Wildman–Crippen LogP) is 2.64. The topological polar surface area (TPSA) is 61.4 Å². The van der Waals surface area contributed by atoms with E-state index in [2.05, 4.69) is 41.8 Å². The molecule has 0 bridgehead atoms. The standard InChI is InChI=1S/C21H25N3O2/c1-16-7-9-17(10-8-16)11-12-22-21(26)23-19-13-20(25)24(15-19)14-18-5-3-2-4-6-18/h2-10,19H,11-15H2,1H3,(H2,22,23,26). The maximum atomic E-state index is 12.2. The molecule has 1 aliphatic rings. The molecule has 1 atom stereocenters. The Hall–Kier alpha value is -2.82. The number of rotatable bonds is 6. The van der Waals surface area contributed by atoms with Gasteiger partial charge in [-0.15, -0.1) is 0 Å². The summed E-state index contributed by atoms with van der Waals surface area (Å²) in [6.45, 7) is 3.77. The van der Waals surface area contributed by atoms with Crippen molar-refractivity contribution in [1.82, 2.24) is 15.5 Å². The summed E-state index contributed by atoms with van der Waals surface area (Å²) in [6.07, 6.45) is 1.15. The molecule has 2 aromatic rings. The molecule has 0 aliphatic carbocycles. The van der Waals surface area contributed by atoms with Crippen LogP contribution in [0.3, 0.4) is 0 Å². The van der Waals surface area contributed by atoms with Gasteiger partial charge in [0.05, 0.1) is 6.04 Å². The third kappa shape index (κ3) is 5.09. The molecule has 2 N–H and O–H groups in total. The van der Waals surface area contributed by atoms with Crippen LogP contribution in [0.5, 0.6) is 0 Å². The molecule has 3 amide bonds. The quantitative estimate of drug-likeness (QED) is 0.840. The Morgan fingerprint density at radius 1 is 1.08 bits per heavy atom. The number of hydrogen-bond donors (Lipinski definition) is 2. The molecule has 1 unspecified atom stereocenters. The molecule has 26 heavy (non-hydrogen) atoms. The lowest BCUT2D eigenvalue weighted by Crippen LogP contribution is -2.43. The number of carbonyl (C=O) groups is 2. The van der Waals surface area contributed by atoms with Gasteiger partial charge in [-0.1, -0.05) is 60.2 Å². The maximum absolute atomic E-state index is 12.2. The van der Waals surface area contributed by atoms with E-state index in [0.717, 1.165) is 12.0 Å². The summed E-state index contributed by atoms with van der Waals surface area (Å²) in [5.41, 5.74) is 3.52. The Kier molecular flexibility index (Phi) is 5.89. The summed E-state index contributed by atoms with van der Waals surface area (Å²) in [6, 6.07) is 17.8. The van der Waals surface area contributed by atoms with Crippen molar-refractivity contribution in [2.24, 2.45) is 0 Å². The molecule has 0 aromatic heterocycles. The normalized spacial score (nSPS) is 16.6. The molecule has 0 radical (unpaired) electrons. The monoisotopic (exact) mass is 351 g/mol. The zero-order valence-corrected chi connectivity index (χ0v) is 15.1. The van der Waals surface area contributed by atoms with Crippen molar-refractivity contribution in [2.45, 2.75) is 32.4 Å². The van der Waals surface area contributed by atoms with Crippen LogP contribution in [0.4, 0.5) is 4.79 Å². The second-order valence-corrected chi connectivity index (χ2v) is 6.80. The van der Waals surface area contributed by atoms with Gasteiger partial charge < -0.3 is 15.5 Å². The van der Waals surface area contributed by atoms with Gasteiger partial charge in [0.2, 0.25) is 5.91 Å². The third-order valence-electron chi connectivity index (χ3n) is 4.59. The third-order valence-corrected chi connectivity index (χ3v) is 4.59. The van der Waals surface area contributed by atoms with E-state index < -0.39 is 0 Å². The highest BCUT2D eigenvalue weighted by molar-refractivity contribution is 5.81. The summed E-state index contributed by atoms with van der Waals surface area (Å²) in [4.78, 5) is 26.0. The molecule has 1 heterocycles. The number of amides is 3. The van der Waals surface area contributed by atoms with E-state index in [4.69, 9.17) is 0 Å². The highest BCUT2D eigenvalue weighted by Gasteiger charge is 2.30. The van der Waals surface area contributed by atoms with Crippen molar-refractivity contribution >= 4 is 11.9 Å². The van der Waals surface area contributed by atoms with E-state index >= 15 is 0 Å². The Labute approximate surface area is 154 Å². The van der Waals surface area contributed by atoms with Crippen LogP contribution in [0.1, 0.15) is 23.1 Å². The molecule has 1 fully saturated rings. The summed E-state index contributed by atoms with van der Waals surface area (Å²) in [5.74, 6) is 0.0822. The lowest BCUT2D eigenvalue weighted by atomic mass is 10.1. The van der Waals surface area contributed by atoms with Crippen LogP contribution in [0, 0.1) is 6.92 Å². The second kappa shape index (κ2) is 8.52. The van der Waals surface area contributed by atoms with Gasteiger partial charge in [-0.2, -0.15) is 0 Å².